The van der Waals surface area contributed by atoms with Crippen LogP contribution < -0.4 is 0 Å². The van der Waals surface area contributed by atoms with Gasteiger partial charge in [-0.25, -0.2) is 0 Å². The van der Waals surface area contributed by atoms with Gasteiger partial charge >= 0.3 is 0 Å². The molecule has 1 atom stereocenters. The van der Waals surface area contributed by atoms with Gasteiger partial charge in [-0.1, -0.05) is 37.6 Å². The second kappa shape index (κ2) is 4.38. The second-order valence-electron chi connectivity index (χ2n) is 3.51. The highest BCUT2D eigenvalue weighted by atomic mass is 14.2. The molecule has 0 aliphatic heterocycles. The van der Waals surface area contributed by atoms with Crippen LogP contribution in [0.15, 0.2) is 23.8 Å². The largest absolute Gasteiger partial charge is 0.0848 e. The molecule has 0 amide bonds. The minimum atomic E-state index is 0.927. The molecule has 1 unspecified atom stereocenters. The van der Waals surface area contributed by atoms with E-state index in [0.29, 0.717) is 0 Å². The fourth-order valence-corrected chi connectivity index (χ4v) is 1.58. The molecule has 62 valence electrons. The summed E-state index contributed by atoms with van der Waals surface area (Å²) in [7, 11) is 0. The summed E-state index contributed by atoms with van der Waals surface area (Å²) in [6, 6.07) is 0. The molecular formula is C11H18. The highest BCUT2D eigenvalue weighted by Crippen LogP contribution is 2.29. The second-order valence-corrected chi connectivity index (χ2v) is 3.51. The van der Waals surface area contributed by atoms with Crippen molar-refractivity contribution in [2.75, 3.05) is 0 Å². The van der Waals surface area contributed by atoms with Gasteiger partial charge in [0.05, 0.1) is 0 Å². The van der Waals surface area contributed by atoms with Gasteiger partial charge in [0.2, 0.25) is 0 Å². The lowest BCUT2D eigenvalue weighted by molar-refractivity contribution is 0.620. The minimum Gasteiger partial charge on any atom is -0.0848 e. The zero-order valence-corrected chi connectivity index (χ0v) is 7.64. The van der Waals surface area contributed by atoms with E-state index in [-0.39, 0.29) is 0 Å². The first kappa shape index (κ1) is 8.58. The summed E-state index contributed by atoms with van der Waals surface area (Å²) in [5.41, 5.74) is 1.64. The first-order valence-corrected chi connectivity index (χ1v) is 4.67. The van der Waals surface area contributed by atoms with Crippen molar-refractivity contribution in [2.24, 2.45) is 5.92 Å². The smallest absolute Gasteiger partial charge is 0.0291 e. The maximum Gasteiger partial charge on any atom is -0.0291 e. The Morgan fingerprint density at radius 2 is 2.36 bits per heavy atom. The predicted molar refractivity (Wildman–Crippen MR) is 50.5 cm³/mol. The van der Waals surface area contributed by atoms with Crippen LogP contribution in [-0.2, 0) is 0 Å². The summed E-state index contributed by atoms with van der Waals surface area (Å²) in [6.45, 7) is 4.51. The van der Waals surface area contributed by atoms with Gasteiger partial charge in [0.15, 0.2) is 0 Å². The molecule has 0 aromatic carbocycles. The number of hydrogen-bond acceptors (Lipinski definition) is 0. The van der Waals surface area contributed by atoms with Gasteiger partial charge in [0.25, 0.3) is 0 Å². The molecule has 1 aliphatic carbocycles. The van der Waals surface area contributed by atoms with Gasteiger partial charge in [-0.05, 0) is 31.6 Å². The Hall–Kier alpha value is -0.520. The van der Waals surface area contributed by atoms with Gasteiger partial charge in [0, 0.05) is 0 Å². The van der Waals surface area contributed by atoms with Crippen LogP contribution in [0.3, 0.4) is 0 Å². The van der Waals surface area contributed by atoms with Crippen molar-refractivity contribution in [2.45, 2.75) is 39.5 Å². The summed E-state index contributed by atoms with van der Waals surface area (Å²) >= 11 is 0. The monoisotopic (exact) mass is 150 g/mol. The Balaban J connectivity index is 2.36. The molecule has 0 spiro atoms. The molecule has 1 fully saturated rings. The molecule has 0 N–H and O–H groups in total. The molecule has 0 aromatic heterocycles. The third-order valence-corrected chi connectivity index (χ3v) is 2.27. The van der Waals surface area contributed by atoms with E-state index in [1.165, 1.54) is 19.3 Å². The molecule has 0 saturated heterocycles. The van der Waals surface area contributed by atoms with E-state index in [0.717, 1.165) is 12.3 Å². The molecule has 1 rings (SSSR count). The standard InChI is InChI=1S/C11H18/c1-3-4-5-6-11-8-7-10(2)9-11/h4-6,10H,3,7-9H2,1-2H3/b5-4-,11-6+. The van der Waals surface area contributed by atoms with Gasteiger partial charge in [0.1, 0.15) is 0 Å². The third kappa shape index (κ3) is 2.92. The zero-order valence-electron chi connectivity index (χ0n) is 7.64. The van der Waals surface area contributed by atoms with Crippen LogP contribution >= 0.6 is 0 Å². The fourth-order valence-electron chi connectivity index (χ4n) is 1.58. The molecule has 0 aromatic rings. The normalized spacial score (nSPS) is 28.9. The molecule has 0 radical (unpaired) electrons. The highest BCUT2D eigenvalue weighted by molar-refractivity contribution is 5.15. The first-order valence-electron chi connectivity index (χ1n) is 4.67. The van der Waals surface area contributed by atoms with E-state index >= 15 is 0 Å². The number of hydrogen-bond donors (Lipinski definition) is 0. The van der Waals surface area contributed by atoms with Crippen molar-refractivity contribution in [3.05, 3.63) is 23.8 Å². The number of rotatable bonds is 2. The van der Waals surface area contributed by atoms with E-state index < -0.39 is 0 Å². The molecule has 0 heteroatoms. The Morgan fingerprint density at radius 1 is 1.55 bits per heavy atom. The van der Waals surface area contributed by atoms with Crippen LogP contribution in [0.5, 0.6) is 0 Å². The maximum absolute atomic E-state index is 2.34. The average Bonchev–Trinajstić information content (AvgIpc) is 2.37. The maximum atomic E-state index is 2.34. The van der Waals surface area contributed by atoms with E-state index in [9.17, 15) is 0 Å². The van der Waals surface area contributed by atoms with Crippen molar-refractivity contribution in [3.8, 4) is 0 Å². The van der Waals surface area contributed by atoms with Crippen LogP contribution in [0.4, 0.5) is 0 Å². The summed E-state index contributed by atoms with van der Waals surface area (Å²) in [5.74, 6) is 0.927. The zero-order chi connectivity index (χ0) is 8.10. The van der Waals surface area contributed by atoms with Crippen LogP contribution in [-0.4, -0.2) is 0 Å². The van der Waals surface area contributed by atoms with Crippen LogP contribution in [0, 0.1) is 5.92 Å². The van der Waals surface area contributed by atoms with Crippen molar-refractivity contribution in [1.82, 2.24) is 0 Å². The molecule has 0 nitrogen and oxygen atoms in total. The highest BCUT2D eigenvalue weighted by Gasteiger charge is 2.13. The SMILES string of the molecule is CC/C=C\C=C1/CCC(C)C1. The Labute approximate surface area is 70.0 Å². The van der Waals surface area contributed by atoms with E-state index in [2.05, 4.69) is 32.1 Å². The number of allylic oxidation sites excluding steroid dienone is 4. The van der Waals surface area contributed by atoms with Gasteiger partial charge in [-0.15, -0.1) is 0 Å². The summed E-state index contributed by atoms with van der Waals surface area (Å²) < 4.78 is 0. The molecular weight excluding hydrogens is 132 g/mol. The summed E-state index contributed by atoms with van der Waals surface area (Å²) in [6.07, 6.45) is 11.9. The Bertz CT molecular complexity index is 163. The summed E-state index contributed by atoms with van der Waals surface area (Å²) in [5, 5.41) is 0. The van der Waals surface area contributed by atoms with Crippen molar-refractivity contribution >= 4 is 0 Å². The van der Waals surface area contributed by atoms with Gasteiger partial charge in [-0.2, -0.15) is 0 Å². The Kier molecular flexibility index (Phi) is 3.41. The lowest BCUT2D eigenvalue weighted by Gasteiger charge is -1.93. The lowest BCUT2D eigenvalue weighted by atomic mass is 10.1. The van der Waals surface area contributed by atoms with E-state index in [1.807, 2.05) is 0 Å². The quantitative estimate of drug-likeness (QED) is 0.563. The third-order valence-electron chi connectivity index (χ3n) is 2.27. The van der Waals surface area contributed by atoms with Crippen molar-refractivity contribution in [1.29, 1.82) is 0 Å². The summed E-state index contributed by atoms with van der Waals surface area (Å²) in [4.78, 5) is 0. The van der Waals surface area contributed by atoms with Crippen molar-refractivity contribution < 1.29 is 0 Å². The minimum absolute atomic E-state index is 0.927. The lowest BCUT2D eigenvalue weighted by Crippen LogP contribution is -1.80. The van der Waals surface area contributed by atoms with E-state index in [1.54, 1.807) is 5.57 Å². The molecule has 0 heterocycles. The van der Waals surface area contributed by atoms with Crippen LogP contribution in [0.25, 0.3) is 0 Å². The first-order chi connectivity index (χ1) is 5.33. The van der Waals surface area contributed by atoms with Gasteiger partial charge < -0.3 is 0 Å². The van der Waals surface area contributed by atoms with Gasteiger partial charge in [-0.3, -0.25) is 0 Å². The topological polar surface area (TPSA) is 0 Å². The van der Waals surface area contributed by atoms with Crippen molar-refractivity contribution in [3.63, 3.8) is 0 Å². The van der Waals surface area contributed by atoms with Crippen LogP contribution in [0.1, 0.15) is 39.5 Å². The average molecular weight is 150 g/mol. The predicted octanol–water partition coefficient (Wildman–Crippen LogP) is 3.70. The molecule has 11 heavy (non-hydrogen) atoms. The fraction of sp³-hybridized carbons (Fsp3) is 0.636. The van der Waals surface area contributed by atoms with Crippen LogP contribution in [0.2, 0.25) is 0 Å². The van der Waals surface area contributed by atoms with E-state index in [4.69, 9.17) is 0 Å². The molecule has 0 bridgehead atoms. The molecule has 1 aliphatic rings. The molecule has 1 saturated carbocycles. The Morgan fingerprint density at radius 3 is 2.91 bits per heavy atom.